The van der Waals surface area contributed by atoms with Crippen molar-refractivity contribution < 1.29 is 42.4 Å². The summed E-state index contributed by atoms with van der Waals surface area (Å²) in [5, 5.41) is 24.1. The quantitative estimate of drug-likeness (QED) is 0.467. The summed E-state index contributed by atoms with van der Waals surface area (Å²) < 4.78 is 57.1. The van der Waals surface area contributed by atoms with Gasteiger partial charge < -0.3 is 29.7 Å². The van der Waals surface area contributed by atoms with Crippen LogP contribution in [0.4, 0.5) is 13.2 Å². The predicted octanol–water partition coefficient (Wildman–Crippen LogP) is 3.36. The van der Waals surface area contributed by atoms with E-state index in [9.17, 15) is 28.2 Å². The second-order valence-corrected chi connectivity index (χ2v) is 9.63. The number of aliphatic hydroxyl groups excluding tert-OH is 2. The SMILES string of the molecule is O=C(NC[C@H]1CCCO1)[C@]1(OCc2cccc(C(F)(F)F)c2)C[C@@H](O)[C@@H](O)[C@@H](OCc2ccccc2)C1. The Morgan fingerprint density at radius 2 is 1.81 bits per heavy atom. The molecule has 2 aromatic carbocycles. The highest BCUT2D eigenvalue weighted by atomic mass is 19.4. The average molecular weight is 524 g/mol. The molecular weight excluding hydrogens is 491 g/mol. The van der Waals surface area contributed by atoms with Crippen molar-refractivity contribution in [2.24, 2.45) is 0 Å². The Bertz CT molecular complexity index is 1030. The van der Waals surface area contributed by atoms with Crippen molar-refractivity contribution in [1.82, 2.24) is 5.32 Å². The number of hydrogen-bond acceptors (Lipinski definition) is 6. The van der Waals surface area contributed by atoms with E-state index >= 15 is 0 Å². The minimum Gasteiger partial charge on any atom is -0.390 e. The molecule has 1 saturated carbocycles. The Morgan fingerprint density at radius 1 is 1.05 bits per heavy atom. The van der Waals surface area contributed by atoms with Crippen LogP contribution in [-0.2, 0) is 38.4 Å². The molecule has 7 nitrogen and oxygen atoms in total. The van der Waals surface area contributed by atoms with E-state index < -0.39 is 41.6 Å². The number of aliphatic hydroxyl groups is 2. The van der Waals surface area contributed by atoms with Gasteiger partial charge >= 0.3 is 6.18 Å². The van der Waals surface area contributed by atoms with E-state index in [1.807, 2.05) is 30.3 Å². The van der Waals surface area contributed by atoms with Gasteiger partial charge in [-0.15, -0.1) is 0 Å². The zero-order valence-electron chi connectivity index (χ0n) is 20.3. The van der Waals surface area contributed by atoms with Gasteiger partial charge in [-0.2, -0.15) is 13.2 Å². The largest absolute Gasteiger partial charge is 0.416 e. The van der Waals surface area contributed by atoms with Crippen LogP contribution in [0, 0.1) is 0 Å². The minimum absolute atomic E-state index is 0.0889. The van der Waals surface area contributed by atoms with Crippen LogP contribution in [0.1, 0.15) is 42.4 Å². The van der Waals surface area contributed by atoms with Crippen molar-refractivity contribution in [1.29, 1.82) is 0 Å². The Hall–Kier alpha value is -2.50. The number of alkyl halides is 3. The third kappa shape index (κ3) is 7.08. The lowest BCUT2D eigenvalue weighted by Gasteiger charge is -2.44. The zero-order valence-corrected chi connectivity index (χ0v) is 20.3. The molecule has 1 amide bonds. The molecule has 0 radical (unpaired) electrons. The topological polar surface area (TPSA) is 97.3 Å². The molecular formula is C27H32F3NO6. The first-order valence-corrected chi connectivity index (χ1v) is 12.4. The van der Waals surface area contributed by atoms with E-state index in [4.69, 9.17) is 14.2 Å². The second kappa shape index (κ2) is 11.9. The third-order valence-corrected chi connectivity index (χ3v) is 6.85. The van der Waals surface area contributed by atoms with E-state index in [0.29, 0.717) is 6.61 Å². The number of halogens is 3. The maximum Gasteiger partial charge on any atom is 0.416 e. The number of carbonyl (C=O) groups is 1. The van der Waals surface area contributed by atoms with Gasteiger partial charge in [-0.25, -0.2) is 0 Å². The van der Waals surface area contributed by atoms with Crippen molar-refractivity contribution >= 4 is 5.91 Å². The summed E-state index contributed by atoms with van der Waals surface area (Å²) >= 11 is 0. The molecule has 1 heterocycles. The molecule has 0 aromatic heterocycles. The fourth-order valence-corrected chi connectivity index (χ4v) is 4.77. The van der Waals surface area contributed by atoms with E-state index in [-0.39, 0.29) is 44.3 Å². The average Bonchev–Trinajstić information content (AvgIpc) is 3.41. The molecule has 3 N–H and O–H groups in total. The number of nitrogens with one attached hydrogen (secondary N) is 1. The van der Waals surface area contributed by atoms with Gasteiger partial charge in [0.2, 0.25) is 0 Å². The van der Waals surface area contributed by atoms with Crippen LogP contribution >= 0.6 is 0 Å². The summed E-state index contributed by atoms with van der Waals surface area (Å²) in [6, 6.07) is 13.9. The van der Waals surface area contributed by atoms with Crippen molar-refractivity contribution in [2.45, 2.75) is 75.1 Å². The smallest absolute Gasteiger partial charge is 0.390 e. The third-order valence-electron chi connectivity index (χ3n) is 6.85. The van der Waals surface area contributed by atoms with Gasteiger partial charge in [0.05, 0.1) is 37.1 Å². The highest BCUT2D eigenvalue weighted by molar-refractivity contribution is 5.85. The standard InChI is InChI=1S/C27H32F3NO6/c28-27(29,30)20-9-4-8-19(12-20)17-37-26(25(34)31-15-21-10-5-11-35-21)13-22(32)24(33)23(14-26)36-16-18-6-2-1-3-7-18/h1-4,6-9,12,21-24,32-33H,5,10-11,13-17H2,(H,31,34)/t21-,22-,23+,24-,26+/m1/s1. The van der Waals surface area contributed by atoms with Crippen LogP contribution in [0.3, 0.4) is 0 Å². The number of amides is 1. The first-order valence-electron chi connectivity index (χ1n) is 12.4. The lowest BCUT2D eigenvalue weighted by atomic mass is 9.78. The molecule has 4 rings (SSSR count). The van der Waals surface area contributed by atoms with Gasteiger partial charge in [0.25, 0.3) is 5.91 Å². The molecule has 2 aromatic rings. The van der Waals surface area contributed by atoms with E-state index in [1.54, 1.807) is 0 Å². The molecule has 1 aliphatic heterocycles. The van der Waals surface area contributed by atoms with Crippen molar-refractivity contribution in [3.8, 4) is 0 Å². The van der Waals surface area contributed by atoms with E-state index in [2.05, 4.69) is 5.32 Å². The number of rotatable bonds is 9. The van der Waals surface area contributed by atoms with Gasteiger partial charge in [0.1, 0.15) is 6.10 Å². The minimum atomic E-state index is -4.52. The van der Waals surface area contributed by atoms with Gasteiger partial charge in [0, 0.05) is 26.0 Å². The number of carbonyl (C=O) groups excluding carboxylic acids is 1. The van der Waals surface area contributed by atoms with Gasteiger partial charge in [-0.1, -0.05) is 42.5 Å². The zero-order chi connectivity index (χ0) is 26.5. The summed E-state index contributed by atoms with van der Waals surface area (Å²) in [5.41, 5.74) is -1.39. The molecule has 0 unspecified atom stereocenters. The summed E-state index contributed by atoms with van der Waals surface area (Å²) in [6.45, 7) is 0.682. The van der Waals surface area contributed by atoms with E-state index in [1.165, 1.54) is 12.1 Å². The Morgan fingerprint density at radius 3 is 2.51 bits per heavy atom. The van der Waals surface area contributed by atoms with Crippen LogP contribution < -0.4 is 5.32 Å². The molecule has 5 atom stereocenters. The lowest BCUT2D eigenvalue weighted by Crippen LogP contribution is -2.61. The number of ether oxygens (including phenoxy) is 3. The van der Waals surface area contributed by atoms with Crippen molar-refractivity contribution in [2.75, 3.05) is 13.2 Å². The van der Waals surface area contributed by atoms with Crippen LogP contribution in [0.25, 0.3) is 0 Å². The monoisotopic (exact) mass is 523 g/mol. The molecule has 2 fully saturated rings. The lowest BCUT2D eigenvalue weighted by molar-refractivity contribution is -0.200. The molecule has 10 heteroatoms. The van der Waals surface area contributed by atoms with Gasteiger partial charge in [-0.3, -0.25) is 4.79 Å². The normalized spacial score (nSPS) is 28.2. The molecule has 1 saturated heterocycles. The van der Waals surface area contributed by atoms with Crippen molar-refractivity contribution in [3.63, 3.8) is 0 Å². The summed E-state index contributed by atoms with van der Waals surface area (Å²) in [5.74, 6) is -0.533. The summed E-state index contributed by atoms with van der Waals surface area (Å²) in [7, 11) is 0. The molecule has 0 bridgehead atoms. The molecule has 1 aliphatic carbocycles. The van der Waals surface area contributed by atoms with Gasteiger partial charge in [0.15, 0.2) is 5.60 Å². The number of hydrogen-bond donors (Lipinski definition) is 3. The first kappa shape index (κ1) is 27.5. The first-order chi connectivity index (χ1) is 17.7. The fraction of sp³-hybridized carbons (Fsp3) is 0.519. The van der Waals surface area contributed by atoms with Crippen LogP contribution in [-0.4, -0.2) is 59.3 Å². The highest BCUT2D eigenvalue weighted by Gasteiger charge is 2.51. The summed E-state index contributed by atoms with van der Waals surface area (Å²) in [6.07, 6.45) is -6.87. The van der Waals surface area contributed by atoms with E-state index in [0.717, 1.165) is 30.5 Å². The summed E-state index contributed by atoms with van der Waals surface area (Å²) in [4.78, 5) is 13.5. The molecule has 2 aliphatic rings. The maximum atomic E-state index is 13.5. The Balaban J connectivity index is 1.53. The Labute approximate surface area is 213 Å². The number of benzene rings is 2. The van der Waals surface area contributed by atoms with Gasteiger partial charge in [-0.05, 0) is 36.1 Å². The molecule has 37 heavy (non-hydrogen) atoms. The fourth-order valence-electron chi connectivity index (χ4n) is 4.77. The molecule has 202 valence electrons. The van der Waals surface area contributed by atoms with Crippen LogP contribution in [0.2, 0.25) is 0 Å². The highest BCUT2D eigenvalue weighted by Crippen LogP contribution is 2.36. The Kier molecular flexibility index (Phi) is 8.86. The van der Waals surface area contributed by atoms with Crippen LogP contribution in [0.5, 0.6) is 0 Å². The van der Waals surface area contributed by atoms with Crippen molar-refractivity contribution in [3.05, 3.63) is 71.3 Å². The second-order valence-electron chi connectivity index (χ2n) is 9.63. The molecule has 0 spiro atoms. The van der Waals surface area contributed by atoms with Crippen LogP contribution in [0.15, 0.2) is 54.6 Å². The maximum absolute atomic E-state index is 13.5. The predicted molar refractivity (Wildman–Crippen MR) is 127 cm³/mol.